The standard InChI is InChI=1S/C19H24N6O5/c1-9(15(20)26)7-10(2)22-19-24-17(14(16(21)27)18(28)25-19)23-11-3-4-12-13(8-11)30-6-5-29-12/h3-4,8-10H,5-7H2,1-2H3,(H2,20,26)(H2,21,27)(H3,22,23,24,25,28). The topological polar surface area (TPSA) is 174 Å². The minimum atomic E-state index is -0.925. The highest BCUT2D eigenvalue weighted by atomic mass is 16.6. The Morgan fingerprint density at radius 2 is 1.90 bits per heavy atom. The summed E-state index contributed by atoms with van der Waals surface area (Å²) in [6.07, 6.45) is 0.432. The van der Waals surface area contributed by atoms with Gasteiger partial charge >= 0.3 is 0 Å². The summed E-state index contributed by atoms with van der Waals surface area (Å²) < 4.78 is 11.0. The second-order valence-electron chi connectivity index (χ2n) is 7.07. The van der Waals surface area contributed by atoms with Crippen LogP contribution in [0.4, 0.5) is 17.5 Å². The Kier molecular flexibility index (Phi) is 6.09. The van der Waals surface area contributed by atoms with Crippen molar-refractivity contribution in [1.82, 2.24) is 9.97 Å². The van der Waals surface area contributed by atoms with Crippen molar-refractivity contribution in [3.8, 4) is 11.5 Å². The smallest absolute Gasteiger partial charge is 0.267 e. The number of anilines is 3. The second-order valence-corrected chi connectivity index (χ2v) is 7.07. The number of carbonyl (C=O) groups excluding carboxylic acids is 2. The van der Waals surface area contributed by atoms with E-state index in [1.165, 1.54) is 0 Å². The average molecular weight is 416 g/mol. The lowest BCUT2D eigenvalue weighted by Gasteiger charge is -2.20. The van der Waals surface area contributed by atoms with Gasteiger partial charge in [-0.2, -0.15) is 4.98 Å². The first-order valence-corrected chi connectivity index (χ1v) is 9.41. The summed E-state index contributed by atoms with van der Waals surface area (Å²) in [5, 5.41) is 5.94. The van der Waals surface area contributed by atoms with Crippen LogP contribution in [-0.2, 0) is 4.79 Å². The lowest BCUT2D eigenvalue weighted by Crippen LogP contribution is -2.30. The van der Waals surface area contributed by atoms with Crippen molar-refractivity contribution in [2.45, 2.75) is 26.3 Å². The Labute approximate surface area is 172 Å². The summed E-state index contributed by atoms with van der Waals surface area (Å²) in [6.45, 7) is 4.40. The van der Waals surface area contributed by atoms with E-state index in [0.717, 1.165) is 0 Å². The number of amides is 2. The molecule has 1 aromatic heterocycles. The van der Waals surface area contributed by atoms with E-state index < -0.39 is 17.4 Å². The zero-order valence-electron chi connectivity index (χ0n) is 16.7. The number of carbonyl (C=O) groups is 2. The summed E-state index contributed by atoms with van der Waals surface area (Å²) in [6, 6.07) is 4.86. The van der Waals surface area contributed by atoms with E-state index in [4.69, 9.17) is 20.9 Å². The Hall–Kier alpha value is -3.76. The molecule has 0 radical (unpaired) electrons. The van der Waals surface area contributed by atoms with Crippen molar-refractivity contribution in [1.29, 1.82) is 0 Å². The lowest BCUT2D eigenvalue weighted by atomic mass is 10.0. The Balaban J connectivity index is 1.88. The number of H-pyrrole nitrogens is 1. The number of hydrogen-bond acceptors (Lipinski definition) is 8. The molecule has 0 spiro atoms. The number of ether oxygens (including phenoxy) is 2. The number of nitrogens with one attached hydrogen (secondary N) is 3. The molecule has 160 valence electrons. The van der Waals surface area contributed by atoms with Crippen LogP contribution in [0.5, 0.6) is 11.5 Å². The highest BCUT2D eigenvalue weighted by Gasteiger charge is 2.20. The fourth-order valence-corrected chi connectivity index (χ4v) is 3.06. The molecule has 2 aromatic rings. The van der Waals surface area contributed by atoms with Gasteiger partial charge in [0.05, 0.1) is 0 Å². The van der Waals surface area contributed by atoms with Gasteiger partial charge in [0.15, 0.2) is 17.3 Å². The third-order valence-corrected chi connectivity index (χ3v) is 4.55. The highest BCUT2D eigenvalue weighted by Crippen LogP contribution is 2.33. The minimum absolute atomic E-state index is 0.0134. The Morgan fingerprint density at radius 1 is 1.20 bits per heavy atom. The molecule has 0 saturated heterocycles. The summed E-state index contributed by atoms with van der Waals surface area (Å²) in [4.78, 5) is 42.3. The third kappa shape index (κ3) is 4.80. The number of hydrogen-bond donors (Lipinski definition) is 5. The molecule has 3 rings (SSSR count). The number of benzene rings is 1. The van der Waals surface area contributed by atoms with Gasteiger partial charge in [0, 0.05) is 23.7 Å². The largest absolute Gasteiger partial charge is 0.486 e. The van der Waals surface area contributed by atoms with Gasteiger partial charge in [-0.05, 0) is 25.5 Å². The molecule has 11 heteroatoms. The van der Waals surface area contributed by atoms with Crippen molar-refractivity contribution in [3.05, 3.63) is 34.1 Å². The third-order valence-electron chi connectivity index (χ3n) is 4.55. The van der Waals surface area contributed by atoms with Crippen LogP contribution in [-0.4, -0.2) is 41.0 Å². The van der Waals surface area contributed by atoms with Crippen LogP contribution in [0.15, 0.2) is 23.0 Å². The molecule has 1 aliphatic rings. The fraction of sp³-hybridized carbons (Fsp3) is 0.368. The van der Waals surface area contributed by atoms with Crippen LogP contribution in [0, 0.1) is 5.92 Å². The van der Waals surface area contributed by atoms with Gasteiger partial charge in [0.25, 0.3) is 11.5 Å². The van der Waals surface area contributed by atoms with Crippen molar-refractivity contribution in [2.75, 3.05) is 23.8 Å². The van der Waals surface area contributed by atoms with Gasteiger partial charge in [-0.3, -0.25) is 19.4 Å². The molecule has 2 amide bonds. The number of nitrogens with two attached hydrogens (primary N) is 2. The summed E-state index contributed by atoms with van der Waals surface area (Å²) >= 11 is 0. The molecule has 2 atom stereocenters. The predicted octanol–water partition coefficient (Wildman–Crippen LogP) is 0.696. The van der Waals surface area contributed by atoms with E-state index >= 15 is 0 Å². The monoisotopic (exact) mass is 416 g/mol. The molecule has 30 heavy (non-hydrogen) atoms. The predicted molar refractivity (Wildman–Crippen MR) is 110 cm³/mol. The van der Waals surface area contributed by atoms with Gasteiger partial charge in [-0.1, -0.05) is 6.92 Å². The first-order valence-electron chi connectivity index (χ1n) is 9.41. The number of fused-ring (bicyclic) bond motifs is 1. The molecule has 0 aliphatic carbocycles. The van der Waals surface area contributed by atoms with Gasteiger partial charge < -0.3 is 31.6 Å². The van der Waals surface area contributed by atoms with Crippen LogP contribution in [0.3, 0.4) is 0 Å². The molecule has 2 unspecified atom stereocenters. The number of aromatic nitrogens is 2. The molecule has 1 aromatic carbocycles. The zero-order chi connectivity index (χ0) is 21.8. The maximum absolute atomic E-state index is 12.4. The molecular weight excluding hydrogens is 392 g/mol. The lowest BCUT2D eigenvalue weighted by molar-refractivity contribution is -0.121. The second kappa shape index (κ2) is 8.72. The van der Waals surface area contributed by atoms with Crippen LogP contribution in [0.25, 0.3) is 0 Å². The molecule has 7 N–H and O–H groups in total. The number of primary amides is 2. The van der Waals surface area contributed by atoms with E-state index in [-0.39, 0.29) is 29.3 Å². The normalized spacial score (nSPS) is 14.5. The number of nitrogens with zero attached hydrogens (tertiary/aromatic N) is 1. The van der Waals surface area contributed by atoms with E-state index in [0.29, 0.717) is 36.8 Å². The maximum atomic E-state index is 12.4. The van der Waals surface area contributed by atoms with E-state index in [1.807, 2.05) is 6.92 Å². The van der Waals surface area contributed by atoms with Gasteiger partial charge in [-0.25, -0.2) is 0 Å². The van der Waals surface area contributed by atoms with Crippen molar-refractivity contribution in [2.24, 2.45) is 17.4 Å². The van der Waals surface area contributed by atoms with Gasteiger partial charge in [-0.15, -0.1) is 0 Å². The summed E-state index contributed by atoms with van der Waals surface area (Å²) in [7, 11) is 0. The molecule has 0 bridgehead atoms. The van der Waals surface area contributed by atoms with Crippen LogP contribution in [0.2, 0.25) is 0 Å². The summed E-state index contributed by atoms with van der Waals surface area (Å²) in [5.41, 5.74) is 10.2. The maximum Gasteiger partial charge on any atom is 0.267 e. The molecule has 2 heterocycles. The molecule has 0 fully saturated rings. The Morgan fingerprint density at radius 3 is 2.57 bits per heavy atom. The van der Waals surface area contributed by atoms with Gasteiger partial charge in [0.1, 0.15) is 18.8 Å². The van der Waals surface area contributed by atoms with Gasteiger partial charge in [0.2, 0.25) is 11.9 Å². The van der Waals surface area contributed by atoms with Crippen LogP contribution in [0.1, 0.15) is 30.6 Å². The van der Waals surface area contributed by atoms with Crippen LogP contribution >= 0.6 is 0 Å². The van der Waals surface area contributed by atoms with Crippen molar-refractivity contribution in [3.63, 3.8) is 0 Å². The van der Waals surface area contributed by atoms with Crippen molar-refractivity contribution < 1.29 is 19.1 Å². The summed E-state index contributed by atoms with van der Waals surface area (Å²) in [5.74, 6) is -0.472. The van der Waals surface area contributed by atoms with E-state index in [9.17, 15) is 14.4 Å². The first-order chi connectivity index (χ1) is 14.2. The average Bonchev–Trinajstić information content (AvgIpc) is 2.67. The first kappa shape index (κ1) is 21.0. The fourth-order valence-electron chi connectivity index (χ4n) is 3.06. The van der Waals surface area contributed by atoms with E-state index in [1.54, 1.807) is 25.1 Å². The zero-order valence-corrected chi connectivity index (χ0v) is 16.7. The van der Waals surface area contributed by atoms with Crippen LogP contribution < -0.4 is 37.1 Å². The SMILES string of the molecule is CC(CC(C)C(N)=O)Nc1nc(Nc2ccc3c(c2)OCCO3)c(C(N)=O)c(=O)[nH]1. The minimum Gasteiger partial charge on any atom is -0.486 e. The molecule has 1 aliphatic heterocycles. The number of rotatable bonds is 8. The molecule has 11 nitrogen and oxygen atoms in total. The quantitative estimate of drug-likeness (QED) is 0.418. The number of aromatic amines is 1. The highest BCUT2D eigenvalue weighted by molar-refractivity contribution is 5.98. The Bertz CT molecular complexity index is 1020. The van der Waals surface area contributed by atoms with Crippen molar-refractivity contribution >= 4 is 29.3 Å². The molecular formula is C19H24N6O5. The molecule has 0 saturated carbocycles. The van der Waals surface area contributed by atoms with E-state index in [2.05, 4.69) is 20.6 Å².